The van der Waals surface area contributed by atoms with E-state index in [1.54, 1.807) is 36.5 Å². The third-order valence-electron chi connectivity index (χ3n) is 3.80. The molecule has 0 aliphatic carbocycles. The molecule has 0 aliphatic rings. The molecule has 0 fully saturated rings. The molecule has 0 saturated heterocycles. The van der Waals surface area contributed by atoms with E-state index >= 15 is 0 Å². The van der Waals surface area contributed by atoms with Gasteiger partial charge in [0.2, 0.25) is 5.95 Å². The van der Waals surface area contributed by atoms with E-state index < -0.39 is 0 Å². The van der Waals surface area contributed by atoms with Crippen LogP contribution in [-0.2, 0) is 0 Å². The average Bonchev–Trinajstić information content (AvgIpc) is 2.67. The summed E-state index contributed by atoms with van der Waals surface area (Å²) in [5.74, 6) is 0.829. The summed E-state index contributed by atoms with van der Waals surface area (Å²) in [4.78, 5) is 14.8. The van der Waals surface area contributed by atoms with Gasteiger partial charge in [-0.25, -0.2) is 4.98 Å². The SMILES string of the molecule is CN(C)c1ccc(/C=C/c2nc(NC#N)nc(-c3ccccc3O)n2)cc1. The molecule has 3 rings (SSSR count). The Labute approximate surface area is 157 Å². The normalized spacial score (nSPS) is 10.6. The third kappa shape index (κ3) is 4.38. The molecular weight excluding hydrogens is 340 g/mol. The summed E-state index contributed by atoms with van der Waals surface area (Å²) in [6, 6.07) is 14.8. The van der Waals surface area contributed by atoms with Crippen LogP contribution in [0.1, 0.15) is 11.4 Å². The highest BCUT2D eigenvalue weighted by atomic mass is 16.3. The molecule has 0 spiro atoms. The highest BCUT2D eigenvalue weighted by molar-refractivity contribution is 5.70. The van der Waals surface area contributed by atoms with Gasteiger partial charge in [0.25, 0.3) is 0 Å². The van der Waals surface area contributed by atoms with Crippen molar-refractivity contribution in [3.8, 4) is 23.3 Å². The minimum absolute atomic E-state index is 0.0563. The maximum atomic E-state index is 10.0. The molecule has 2 N–H and O–H groups in total. The van der Waals surface area contributed by atoms with Crippen LogP contribution in [0, 0.1) is 11.5 Å². The Morgan fingerprint density at radius 3 is 2.41 bits per heavy atom. The van der Waals surface area contributed by atoms with Gasteiger partial charge in [-0.3, -0.25) is 5.32 Å². The molecule has 2 aromatic carbocycles. The Morgan fingerprint density at radius 1 is 1.00 bits per heavy atom. The van der Waals surface area contributed by atoms with Crippen molar-refractivity contribution in [2.24, 2.45) is 0 Å². The largest absolute Gasteiger partial charge is 0.507 e. The molecule has 0 unspecified atom stereocenters. The fraction of sp³-hybridized carbons (Fsp3) is 0.100. The highest BCUT2D eigenvalue weighted by Crippen LogP contribution is 2.26. The molecular formula is C20H18N6O. The lowest BCUT2D eigenvalue weighted by Gasteiger charge is -2.11. The van der Waals surface area contributed by atoms with E-state index in [1.807, 2.05) is 49.3 Å². The Balaban J connectivity index is 1.95. The zero-order valence-corrected chi connectivity index (χ0v) is 15.0. The molecule has 1 heterocycles. The Kier molecular flexibility index (Phi) is 5.28. The van der Waals surface area contributed by atoms with Crippen LogP contribution in [0.25, 0.3) is 23.5 Å². The minimum atomic E-state index is 0.0563. The molecule has 0 atom stereocenters. The standard InChI is InChI=1S/C20H18N6O/c1-26(2)15-10-7-14(8-11-15)9-12-18-23-19(25-20(24-18)22-13-21)16-5-3-4-6-17(16)27/h3-12,27H,1-2H3,(H,22,23,24,25)/b12-9+. The summed E-state index contributed by atoms with van der Waals surface area (Å²) >= 11 is 0. The van der Waals surface area contributed by atoms with E-state index in [0.29, 0.717) is 11.4 Å². The lowest BCUT2D eigenvalue weighted by atomic mass is 10.2. The molecule has 0 bridgehead atoms. The smallest absolute Gasteiger partial charge is 0.240 e. The summed E-state index contributed by atoms with van der Waals surface area (Å²) in [5.41, 5.74) is 2.56. The number of rotatable bonds is 5. The number of hydrogen-bond acceptors (Lipinski definition) is 7. The molecule has 7 nitrogen and oxygen atoms in total. The number of nitriles is 1. The van der Waals surface area contributed by atoms with Crippen molar-refractivity contribution >= 4 is 23.8 Å². The lowest BCUT2D eigenvalue weighted by Crippen LogP contribution is -2.07. The van der Waals surface area contributed by atoms with Crippen molar-refractivity contribution in [3.63, 3.8) is 0 Å². The molecule has 134 valence electrons. The summed E-state index contributed by atoms with van der Waals surface area (Å²) in [6.07, 6.45) is 5.41. The van der Waals surface area contributed by atoms with Crippen molar-refractivity contribution in [3.05, 3.63) is 59.9 Å². The number of benzene rings is 2. The van der Waals surface area contributed by atoms with E-state index in [2.05, 4.69) is 20.3 Å². The fourth-order valence-corrected chi connectivity index (χ4v) is 2.41. The molecule has 27 heavy (non-hydrogen) atoms. The van der Waals surface area contributed by atoms with E-state index in [4.69, 9.17) is 5.26 Å². The van der Waals surface area contributed by atoms with Gasteiger partial charge in [0.1, 0.15) is 5.75 Å². The van der Waals surface area contributed by atoms with Crippen molar-refractivity contribution in [2.75, 3.05) is 24.3 Å². The molecule has 7 heteroatoms. The molecule has 3 aromatic rings. The van der Waals surface area contributed by atoms with Gasteiger partial charge in [0.05, 0.1) is 5.56 Å². The second-order valence-electron chi connectivity index (χ2n) is 5.91. The molecule has 0 saturated carbocycles. The average molecular weight is 358 g/mol. The fourth-order valence-electron chi connectivity index (χ4n) is 2.41. The first-order valence-corrected chi connectivity index (χ1v) is 8.22. The predicted molar refractivity (Wildman–Crippen MR) is 106 cm³/mol. The quantitative estimate of drug-likeness (QED) is 0.533. The van der Waals surface area contributed by atoms with Crippen LogP contribution in [0.2, 0.25) is 0 Å². The zero-order chi connectivity index (χ0) is 19.2. The maximum Gasteiger partial charge on any atom is 0.240 e. The van der Waals surface area contributed by atoms with E-state index in [1.165, 1.54) is 0 Å². The molecule has 0 aliphatic heterocycles. The van der Waals surface area contributed by atoms with Gasteiger partial charge in [-0.05, 0) is 35.9 Å². The monoisotopic (exact) mass is 358 g/mol. The molecule has 0 radical (unpaired) electrons. The Morgan fingerprint density at radius 2 is 1.74 bits per heavy atom. The third-order valence-corrected chi connectivity index (χ3v) is 3.80. The Hall–Kier alpha value is -3.92. The van der Waals surface area contributed by atoms with E-state index in [-0.39, 0.29) is 17.5 Å². The summed E-state index contributed by atoms with van der Waals surface area (Å²) in [5, 5.41) is 21.3. The van der Waals surface area contributed by atoms with Crippen molar-refractivity contribution in [1.29, 1.82) is 5.26 Å². The van der Waals surface area contributed by atoms with E-state index in [0.717, 1.165) is 11.3 Å². The number of aromatic nitrogens is 3. The van der Waals surface area contributed by atoms with Crippen LogP contribution >= 0.6 is 0 Å². The first-order valence-electron chi connectivity index (χ1n) is 8.22. The van der Waals surface area contributed by atoms with Crippen molar-refractivity contribution in [2.45, 2.75) is 0 Å². The van der Waals surface area contributed by atoms with Gasteiger partial charge < -0.3 is 10.0 Å². The van der Waals surface area contributed by atoms with Crippen molar-refractivity contribution < 1.29 is 5.11 Å². The van der Waals surface area contributed by atoms with Gasteiger partial charge >= 0.3 is 0 Å². The first kappa shape index (κ1) is 17.9. The zero-order valence-electron chi connectivity index (χ0n) is 15.0. The minimum Gasteiger partial charge on any atom is -0.507 e. The van der Waals surface area contributed by atoms with Gasteiger partial charge in [-0.15, -0.1) is 0 Å². The van der Waals surface area contributed by atoms with Crippen molar-refractivity contribution in [1.82, 2.24) is 15.0 Å². The summed E-state index contributed by atoms with van der Waals surface area (Å²) in [7, 11) is 3.97. The number of nitrogens with zero attached hydrogens (tertiary/aromatic N) is 5. The maximum absolute atomic E-state index is 10.0. The number of phenols is 1. The molecule has 1 aromatic heterocycles. The van der Waals surface area contributed by atoms with Gasteiger partial charge in [-0.2, -0.15) is 15.2 Å². The van der Waals surface area contributed by atoms with Gasteiger partial charge in [0, 0.05) is 19.8 Å². The van der Waals surface area contributed by atoms with Gasteiger partial charge in [-0.1, -0.05) is 30.3 Å². The van der Waals surface area contributed by atoms with Crippen LogP contribution in [0.5, 0.6) is 5.75 Å². The number of aromatic hydroxyl groups is 1. The van der Waals surface area contributed by atoms with Crippen LogP contribution in [0.4, 0.5) is 11.6 Å². The number of phenolic OH excluding ortho intramolecular Hbond substituents is 1. The summed E-state index contributed by atoms with van der Waals surface area (Å²) in [6.45, 7) is 0. The number of nitrogens with one attached hydrogen (secondary N) is 1. The number of hydrogen-bond donors (Lipinski definition) is 2. The predicted octanol–water partition coefficient (Wildman–Crippen LogP) is 3.37. The Bertz CT molecular complexity index is 1010. The van der Waals surface area contributed by atoms with Crippen LogP contribution < -0.4 is 10.2 Å². The second-order valence-corrected chi connectivity index (χ2v) is 5.91. The van der Waals surface area contributed by atoms with E-state index in [9.17, 15) is 5.11 Å². The highest BCUT2D eigenvalue weighted by Gasteiger charge is 2.10. The summed E-state index contributed by atoms with van der Waals surface area (Å²) < 4.78 is 0. The second kappa shape index (κ2) is 7.97. The van der Waals surface area contributed by atoms with Gasteiger partial charge in [0.15, 0.2) is 17.8 Å². The number of para-hydroxylation sites is 1. The van der Waals surface area contributed by atoms with Crippen LogP contribution in [-0.4, -0.2) is 34.2 Å². The molecule has 0 amide bonds. The van der Waals surface area contributed by atoms with Crippen LogP contribution in [0.15, 0.2) is 48.5 Å². The lowest BCUT2D eigenvalue weighted by molar-refractivity contribution is 0.477. The number of anilines is 2. The topological polar surface area (TPSA) is 98.0 Å². The first-order chi connectivity index (χ1) is 13.1. The van der Waals surface area contributed by atoms with Crippen LogP contribution in [0.3, 0.4) is 0 Å².